The highest BCUT2D eigenvalue weighted by atomic mass is 32.2. The Bertz CT molecular complexity index is 820. The Balaban J connectivity index is 1.42. The molecular weight excluding hydrogens is 351 g/mol. The minimum atomic E-state index is -0.300. The van der Waals surface area contributed by atoms with E-state index in [2.05, 4.69) is 38.2 Å². The van der Waals surface area contributed by atoms with E-state index in [4.69, 9.17) is 4.74 Å². The second kappa shape index (κ2) is 6.11. The number of anilines is 1. The largest absolute Gasteiger partial charge is 0.380 e. The Kier molecular flexibility index (Phi) is 3.95. The van der Waals surface area contributed by atoms with Crippen molar-refractivity contribution < 1.29 is 9.13 Å². The molecule has 5 nitrogen and oxygen atoms in total. The molecule has 1 saturated carbocycles. The number of aryl methyl sites for hydroxylation is 1. The summed E-state index contributed by atoms with van der Waals surface area (Å²) in [5.74, 6) is 0. The maximum atomic E-state index is 13.2. The minimum absolute atomic E-state index is 0.296. The van der Waals surface area contributed by atoms with Crippen LogP contribution in [-0.2, 0) is 4.74 Å². The molecule has 4 heterocycles. The van der Waals surface area contributed by atoms with Crippen molar-refractivity contribution in [1.29, 1.82) is 0 Å². The molecular formula is C19H25FN4OS. The van der Waals surface area contributed by atoms with Crippen LogP contribution >= 0.6 is 11.9 Å². The molecule has 0 atom stereocenters. The maximum Gasteiger partial charge on any atom is 0.160 e. The molecule has 3 aliphatic rings. The van der Waals surface area contributed by atoms with Crippen molar-refractivity contribution in [3.8, 4) is 0 Å². The number of fused-ring (bicyclic) bond motifs is 1. The molecule has 0 radical (unpaired) electrons. The Morgan fingerprint density at radius 2 is 2.04 bits per heavy atom. The Hall–Kier alpha value is -1.31. The van der Waals surface area contributed by atoms with Gasteiger partial charge in [-0.15, -0.1) is 0 Å². The van der Waals surface area contributed by atoms with Crippen LogP contribution in [0.3, 0.4) is 0 Å². The molecule has 3 fully saturated rings. The Morgan fingerprint density at radius 3 is 2.65 bits per heavy atom. The van der Waals surface area contributed by atoms with Crippen LogP contribution in [0.2, 0.25) is 0 Å². The second-order valence-electron chi connectivity index (χ2n) is 8.25. The van der Waals surface area contributed by atoms with Crippen LogP contribution < -0.4 is 9.62 Å². The molecule has 0 unspecified atom stereocenters. The van der Waals surface area contributed by atoms with E-state index in [0.717, 1.165) is 55.4 Å². The number of halogens is 1. The van der Waals surface area contributed by atoms with Crippen LogP contribution in [-0.4, -0.2) is 47.9 Å². The van der Waals surface area contributed by atoms with Gasteiger partial charge in [-0.3, -0.25) is 4.72 Å². The number of nitrogens with zero attached hydrogens (tertiary/aromatic N) is 3. The third-order valence-corrected chi connectivity index (χ3v) is 7.22. The van der Waals surface area contributed by atoms with E-state index in [1.54, 1.807) is 11.9 Å². The van der Waals surface area contributed by atoms with E-state index in [1.807, 2.05) is 6.20 Å². The maximum absolute atomic E-state index is 13.2. The average Bonchev–Trinajstić information content (AvgIpc) is 3.35. The first-order valence-corrected chi connectivity index (χ1v) is 10.2. The zero-order valence-electron chi connectivity index (χ0n) is 15.1. The highest BCUT2D eigenvalue weighted by molar-refractivity contribution is 7.97. The number of alkyl halides is 1. The van der Waals surface area contributed by atoms with E-state index < -0.39 is 0 Å². The van der Waals surface area contributed by atoms with Crippen molar-refractivity contribution in [3.63, 3.8) is 0 Å². The summed E-state index contributed by atoms with van der Waals surface area (Å²) in [5.41, 5.74) is 3.44. The predicted octanol–water partition coefficient (Wildman–Crippen LogP) is 3.36. The standard InChI is InChI=1S/C19H25FN4OS/c1-14-9-21-17-16(23-6-4-18(5-7-23)12-25-13-18)8-15(10-24(14)17)26-22-19(11-20)2-3-19/h8-10,22H,2-7,11-13H2,1H3. The van der Waals surface area contributed by atoms with Crippen molar-refractivity contribution in [2.24, 2.45) is 5.41 Å². The first-order chi connectivity index (χ1) is 12.6. The molecule has 1 spiro atoms. The number of imidazole rings is 1. The molecule has 0 amide bonds. The number of nitrogens with one attached hydrogen (secondary N) is 1. The molecule has 140 valence electrons. The monoisotopic (exact) mass is 376 g/mol. The fourth-order valence-electron chi connectivity index (χ4n) is 3.93. The molecule has 1 aliphatic carbocycles. The topological polar surface area (TPSA) is 41.8 Å². The number of pyridine rings is 1. The van der Waals surface area contributed by atoms with Gasteiger partial charge in [-0.05, 0) is 50.6 Å². The summed E-state index contributed by atoms with van der Waals surface area (Å²) in [7, 11) is 0. The van der Waals surface area contributed by atoms with Gasteiger partial charge in [0.05, 0.1) is 24.4 Å². The molecule has 1 N–H and O–H groups in total. The lowest BCUT2D eigenvalue weighted by atomic mass is 9.77. The molecule has 5 rings (SSSR count). The first kappa shape index (κ1) is 16.8. The SMILES string of the molecule is Cc1cnc2c(N3CCC4(CC3)COC4)cc(SNC3(CF)CC3)cn12. The fraction of sp³-hybridized carbons (Fsp3) is 0.632. The van der Waals surface area contributed by atoms with Crippen molar-refractivity contribution >= 4 is 23.3 Å². The summed E-state index contributed by atoms with van der Waals surface area (Å²) in [6, 6.07) is 2.21. The molecule has 26 heavy (non-hydrogen) atoms. The van der Waals surface area contributed by atoms with Crippen molar-refractivity contribution in [3.05, 3.63) is 24.2 Å². The lowest BCUT2D eigenvalue weighted by molar-refractivity contribution is -0.124. The van der Waals surface area contributed by atoms with Crippen LogP contribution in [0.5, 0.6) is 0 Å². The second-order valence-corrected chi connectivity index (χ2v) is 9.13. The third kappa shape index (κ3) is 2.80. The summed E-state index contributed by atoms with van der Waals surface area (Å²) in [6.07, 6.45) is 8.24. The van der Waals surface area contributed by atoms with Gasteiger partial charge in [0.25, 0.3) is 0 Å². The molecule has 7 heteroatoms. The van der Waals surface area contributed by atoms with Gasteiger partial charge in [0.2, 0.25) is 0 Å². The molecule has 2 aliphatic heterocycles. The van der Waals surface area contributed by atoms with Crippen LogP contribution in [0.1, 0.15) is 31.4 Å². The molecule has 2 aromatic rings. The smallest absolute Gasteiger partial charge is 0.160 e. The first-order valence-electron chi connectivity index (χ1n) is 9.43. The Labute approximate surface area is 157 Å². The Morgan fingerprint density at radius 1 is 1.27 bits per heavy atom. The summed E-state index contributed by atoms with van der Waals surface area (Å²) >= 11 is 1.55. The quantitative estimate of drug-likeness (QED) is 0.811. The number of hydrogen-bond acceptors (Lipinski definition) is 5. The van der Waals surface area contributed by atoms with Crippen LogP contribution in [0, 0.1) is 12.3 Å². The van der Waals surface area contributed by atoms with Gasteiger partial charge < -0.3 is 14.0 Å². The lowest BCUT2D eigenvalue weighted by Gasteiger charge is -2.47. The molecule has 0 bridgehead atoms. The van der Waals surface area contributed by atoms with E-state index in [1.165, 1.54) is 18.5 Å². The van der Waals surface area contributed by atoms with E-state index in [9.17, 15) is 4.39 Å². The lowest BCUT2D eigenvalue weighted by Crippen LogP contribution is -2.51. The van der Waals surface area contributed by atoms with Crippen LogP contribution in [0.4, 0.5) is 10.1 Å². The summed E-state index contributed by atoms with van der Waals surface area (Å²) in [4.78, 5) is 8.22. The van der Waals surface area contributed by atoms with Crippen LogP contribution in [0.15, 0.2) is 23.4 Å². The van der Waals surface area contributed by atoms with E-state index in [0.29, 0.717) is 5.41 Å². The zero-order chi connectivity index (χ0) is 17.8. The minimum Gasteiger partial charge on any atom is -0.380 e. The van der Waals surface area contributed by atoms with Crippen LogP contribution in [0.25, 0.3) is 5.65 Å². The van der Waals surface area contributed by atoms with Gasteiger partial charge in [-0.25, -0.2) is 9.37 Å². The van der Waals surface area contributed by atoms with Gasteiger partial charge in [-0.1, -0.05) is 0 Å². The third-order valence-electron chi connectivity index (χ3n) is 6.22. The average molecular weight is 377 g/mol. The summed E-state index contributed by atoms with van der Waals surface area (Å²) in [5, 5.41) is 0. The fourth-order valence-corrected chi connectivity index (χ4v) is 4.85. The van der Waals surface area contributed by atoms with E-state index in [-0.39, 0.29) is 12.2 Å². The summed E-state index contributed by atoms with van der Waals surface area (Å²) in [6.45, 7) is 5.71. The van der Waals surface area contributed by atoms with Crippen molar-refractivity contribution in [1.82, 2.24) is 14.1 Å². The summed E-state index contributed by atoms with van der Waals surface area (Å²) < 4.78 is 24.1. The zero-order valence-corrected chi connectivity index (χ0v) is 15.9. The molecule has 2 aromatic heterocycles. The highest BCUT2D eigenvalue weighted by Crippen LogP contribution is 2.42. The number of rotatable bonds is 5. The van der Waals surface area contributed by atoms with E-state index >= 15 is 0 Å². The van der Waals surface area contributed by atoms with Crippen molar-refractivity contribution in [2.45, 2.75) is 43.0 Å². The van der Waals surface area contributed by atoms with Gasteiger partial charge in [0.1, 0.15) is 6.67 Å². The number of ether oxygens (including phenoxy) is 1. The molecule has 0 aromatic carbocycles. The number of piperidine rings is 1. The number of hydrogen-bond donors (Lipinski definition) is 1. The predicted molar refractivity (Wildman–Crippen MR) is 102 cm³/mol. The normalized spacial score (nSPS) is 23.4. The highest BCUT2D eigenvalue weighted by Gasteiger charge is 2.43. The van der Waals surface area contributed by atoms with Gasteiger partial charge in [0.15, 0.2) is 5.65 Å². The molecule has 2 saturated heterocycles. The van der Waals surface area contributed by atoms with Gasteiger partial charge >= 0.3 is 0 Å². The van der Waals surface area contributed by atoms with Gasteiger partial charge in [0, 0.05) is 41.5 Å². The van der Waals surface area contributed by atoms with Crippen molar-refractivity contribution in [2.75, 3.05) is 37.9 Å². The number of aromatic nitrogens is 2. The van der Waals surface area contributed by atoms with Gasteiger partial charge in [-0.2, -0.15) is 0 Å².